The van der Waals surface area contributed by atoms with Gasteiger partial charge in [0.25, 0.3) is 10.0 Å². The van der Waals surface area contributed by atoms with Gasteiger partial charge in [-0.05, 0) is 50.2 Å². The van der Waals surface area contributed by atoms with Gasteiger partial charge in [0.2, 0.25) is 0 Å². The number of halogens is 1. The smallest absolute Gasteiger partial charge is 0.326 e. The number of hydrogen-bond acceptors (Lipinski definition) is 5. The molecule has 6 nitrogen and oxygen atoms in total. The molecule has 0 amide bonds. The van der Waals surface area contributed by atoms with Crippen LogP contribution in [0.4, 0.5) is 5.69 Å². The molecule has 0 aliphatic rings. The third kappa shape index (κ3) is 4.68. The summed E-state index contributed by atoms with van der Waals surface area (Å²) in [4.78, 5) is 12.0. The first-order valence-corrected chi connectivity index (χ1v) is 9.87. The van der Waals surface area contributed by atoms with E-state index in [9.17, 15) is 13.2 Å². The summed E-state index contributed by atoms with van der Waals surface area (Å²) in [5.74, 6) is -0.108. The molecule has 0 aliphatic heterocycles. The highest BCUT2D eigenvalue weighted by atomic mass is 35.5. The highest BCUT2D eigenvalue weighted by Gasteiger charge is 2.29. The van der Waals surface area contributed by atoms with Crippen molar-refractivity contribution in [1.29, 1.82) is 0 Å². The molecule has 26 heavy (non-hydrogen) atoms. The lowest BCUT2D eigenvalue weighted by Gasteiger charge is -2.24. The van der Waals surface area contributed by atoms with E-state index in [0.717, 1.165) is 4.31 Å². The van der Waals surface area contributed by atoms with Gasteiger partial charge in [-0.2, -0.15) is 0 Å². The number of rotatable bonds is 8. The van der Waals surface area contributed by atoms with Crippen LogP contribution >= 0.6 is 11.6 Å². The van der Waals surface area contributed by atoms with E-state index in [2.05, 4.69) is 0 Å². The number of anilines is 1. The quantitative estimate of drug-likeness (QED) is 0.637. The van der Waals surface area contributed by atoms with Crippen molar-refractivity contribution in [3.8, 4) is 5.75 Å². The highest BCUT2D eigenvalue weighted by Crippen LogP contribution is 2.30. The normalized spacial score (nSPS) is 11.0. The van der Waals surface area contributed by atoms with Gasteiger partial charge in [0, 0.05) is 0 Å². The molecule has 0 fully saturated rings. The second-order valence-electron chi connectivity index (χ2n) is 5.17. The van der Waals surface area contributed by atoms with Gasteiger partial charge in [-0.1, -0.05) is 23.7 Å². The number of para-hydroxylation sites is 1. The standard InChI is InChI=1S/C18H20ClNO5S/c1-3-24-14-9-11-15(12-10-14)26(22,23)20(13-18(21)25-4-2)17-8-6-5-7-16(17)19/h5-12H,3-4,13H2,1-2H3. The van der Waals surface area contributed by atoms with Gasteiger partial charge in [-0.3, -0.25) is 9.10 Å². The summed E-state index contributed by atoms with van der Waals surface area (Å²) in [6.45, 7) is 3.63. The number of benzene rings is 2. The summed E-state index contributed by atoms with van der Waals surface area (Å²) in [6, 6.07) is 12.4. The van der Waals surface area contributed by atoms with Gasteiger partial charge in [0.1, 0.15) is 12.3 Å². The highest BCUT2D eigenvalue weighted by molar-refractivity contribution is 7.92. The van der Waals surface area contributed by atoms with E-state index in [-0.39, 0.29) is 22.2 Å². The van der Waals surface area contributed by atoms with Crippen LogP contribution in [0.15, 0.2) is 53.4 Å². The zero-order valence-corrected chi connectivity index (χ0v) is 16.1. The van der Waals surface area contributed by atoms with E-state index in [0.29, 0.717) is 12.4 Å². The summed E-state index contributed by atoms with van der Waals surface area (Å²) in [5, 5.41) is 0.214. The monoisotopic (exact) mass is 397 g/mol. The summed E-state index contributed by atoms with van der Waals surface area (Å²) < 4.78 is 37.4. The predicted molar refractivity (Wildman–Crippen MR) is 100 cm³/mol. The van der Waals surface area contributed by atoms with Gasteiger partial charge < -0.3 is 9.47 Å². The van der Waals surface area contributed by atoms with Crippen LogP contribution in [0.1, 0.15) is 13.8 Å². The van der Waals surface area contributed by atoms with Gasteiger partial charge >= 0.3 is 5.97 Å². The van der Waals surface area contributed by atoms with Crippen LogP contribution < -0.4 is 9.04 Å². The van der Waals surface area contributed by atoms with E-state index in [1.165, 1.54) is 18.2 Å². The Kier molecular flexibility index (Phi) is 6.88. The Bertz CT molecular complexity index is 852. The zero-order chi connectivity index (χ0) is 19.2. The van der Waals surface area contributed by atoms with E-state index in [1.54, 1.807) is 37.3 Å². The van der Waals surface area contributed by atoms with Crippen LogP contribution in [-0.2, 0) is 19.6 Å². The Morgan fingerprint density at radius 1 is 1.04 bits per heavy atom. The molecule has 0 saturated heterocycles. The third-order valence-corrected chi connectivity index (χ3v) is 5.52. The molecule has 0 unspecified atom stereocenters. The first-order chi connectivity index (χ1) is 12.4. The molecule has 8 heteroatoms. The second kappa shape index (κ2) is 8.91. The van der Waals surface area contributed by atoms with Crippen LogP contribution in [0.2, 0.25) is 5.02 Å². The number of sulfonamides is 1. The minimum absolute atomic E-state index is 0.0187. The van der Waals surface area contributed by atoms with Crippen LogP contribution in [-0.4, -0.2) is 34.1 Å². The Morgan fingerprint density at radius 2 is 1.69 bits per heavy atom. The number of carbonyl (C=O) groups is 1. The van der Waals surface area contributed by atoms with Crippen molar-refractivity contribution in [3.63, 3.8) is 0 Å². The molecule has 0 bridgehead atoms. The molecule has 0 spiro atoms. The fraction of sp³-hybridized carbons (Fsp3) is 0.278. The van der Waals surface area contributed by atoms with Crippen molar-refractivity contribution in [3.05, 3.63) is 53.6 Å². The molecule has 0 N–H and O–H groups in total. The molecule has 2 aromatic rings. The van der Waals surface area contributed by atoms with Crippen molar-refractivity contribution < 1.29 is 22.7 Å². The zero-order valence-electron chi connectivity index (χ0n) is 14.5. The van der Waals surface area contributed by atoms with Gasteiger partial charge in [-0.25, -0.2) is 8.42 Å². The minimum atomic E-state index is -4.03. The van der Waals surface area contributed by atoms with Crippen molar-refractivity contribution in [1.82, 2.24) is 0 Å². The molecule has 0 aromatic heterocycles. The average Bonchev–Trinajstić information content (AvgIpc) is 2.61. The van der Waals surface area contributed by atoms with E-state index >= 15 is 0 Å². The molecule has 2 aromatic carbocycles. The summed E-state index contributed by atoms with van der Waals surface area (Å²) in [7, 11) is -4.03. The minimum Gasteiger partial charge on any atom is -0.494 e. The number of esters is 1. The summed E-state index contributed by atoms with van der Waals surface area (Å²) in [6.07, 6.45) is 0. The van der Waals surface area contributed by atoms with Gasteiger partial charge in [0.15, 0.2) is 0 Å². The van der Waals surface area contributed by atoms with Crippen LogP contribution in [0, 0.1) is 0 Å². The lowest BCUT2D eigenvalue weighted by Crippen LogP contribution is -2.36. The molecule has 2 rings (SSSR count). The van der Waals surface area contributed by atoms with Crippen LogP contribution in [0.5, 0.6) is 5.75 Å². The van der Waals surface area contributed by atoms with E-state index in [4.69, 9.17) is 21.1 Å². The number of nitrogens with zero attached hydrogens (tertiary/aromatic N) is 1. The lowest BCUT2D eigenvalue weighted by atomic mass is 10.3. The van der Waals surface area contributed by atoms with Crippen molar-refractivity contribution >= 4 is 33.3 Å². The number of carbonyl (C=O) groups excluding carboxylic acids is 1. The van der Waals surface area contributed by atoms with Crippen molar-refractivity contribution in [2.24, 2.45) is 0 Å². The molecule has 0 aliphatic carbocycles. The Morgan fingerprint density at radius 3 is 2.27 bits per heavy atom. The maximum absolute atomic E-state index is 13.1. The lowest BCUT2D eigenvalue weighted by molar-refractivity contribution is -0.141. The first-order valence-electron chi connectivity index (χ1n) is 8.06. The fourth-order valence-electron chi connectivity index (χ4n) is 2.28. The number of ether oxygens (including phenoxy) is 2. The molecule has 0 saturated carbocycles. The third-order valence-electron chi connectivity index (χ3n) is 3.42. The molecule has 0 radical (unpaired) electrons. The predicted octanol–water partition coefficient (Wildman–Crippen LogP) is 3.50. The topological polar surface area (TPSA) is 72.9 Å². The van der Waals surface area contributed by atoms with Gasteiger partial charge in [0.05, 0.1) is 28.8 Å². The number of hydrogen-bond donors (Lipinski definition) is 0. The van der Waals surface area contributed by atoms with Crippen molar-refractivity contribution in [2.75, 3.05) is 24.1 Å². The maximum atomic E-state index is 13.1. The van der Waals surface area contributed by atoms with Crippen molar-refractivity contribution in [2.45, 2.75) is 18.7 Å². The van der Waals surface area contributed by atoms with E-state index < -0.39 is 22.5 Å². The largest absolute Gasteiger partial charge is 0.494 e. The molecule has 0 atom stereocenters. The average molecular weight is 398 g/mol. The maximum Gasteiger partial charge on any atom is 0.326 e. The summed E-state index contributed by atoms with van der Waals surface area (Å²) >= 11 is 6.16. The first kappa shape index (κ1) is 20.1. The van der Waals surface area contributed by atoms with Crippen LogP contribution in [0.3, 0.4) is 0 Å². The van der Waals surface area contributed by atoms with E-state index in [1.807, 2.05) is 6.92 Å². The molecular weight excluding hydrogens is 378 g/mol. The van der Waals surface area contributed by atoms with Gasteiger partial charge in [-0.15, -0.1) is 0 Å². The molecule has 0 heterocycles. The summed E-state index contributed by atoms with van der Waals surface area (Å²) in [5.41, 5.74) is 0.205. The second-order valence-corrected chi connectivity index (χ2v) is 7.44. The Hall–Kier alpha value is -2.25. The molecule has 140 valence electrons. The molecular formula is C18H20ClNO5S. The SMILES string of the molecule is CCOC(=O)CN(c1ccccc1Cl)S(=O)(=O)c1ccc(OCC)cc1. The Labute approximate surface area is 158 Å². The van der Waals surface area contributed by atoms with Crippen LogP contribution in [0.25, 0.3) is 0 Å². The Balaban J connectivity index is 2.45. The fourth-order valence-corrected chi connectivity index (χ4v) is 4.00.